The van der Waals surface area contributed by atoms with E-state index in [1.807, 2.05) is 0 Å². The van der Waals surface area contributed by atoms with Crippen molar-refractivity contribution in [1.29, 1.82) is 0 Å². The first-order chi connectivity index (χ1) is 9.90. The Balaban J connectivity index is 2.53. The lowest BCUT2D eigenvalue weighted by atomic mass is 10.2. The van der Waals surface area contributed by atoms with Crippen LogP contribution in [0.25, 0.3) is 0 Å². The van der Waals surface area contributed by atoms with Crippen LogP contribution in [0.3, 0.4) is 0 Å². The van der Waals surface area contributed by atoms with Crippen LogP contribution in [0.4, 0.5) is 10.1 Å². The van der Waals surface area contributed by atoms with Gasteiger partial charge in [-0.2, -0.15) is 0 Å². The van der Waals surface area contributed by atoms with E-state index in [9.17, 15) is 19.3 Å². The maximum absolute atomic E-state index is 13.2. The van der Waals surface area contributed by atoms with Gasteiger partial charge in [0.15, 0.2) is 0 Å². The smallest absolute Gasteiger partial charge is 0.341 e. The van der Waals surface area contributed by atoms with Crippen molar-refractivity contribution in [2.45, 2.75) is 0 Å². The summed E-state index contributed by atoms with van der Waals surface area (Å²) < 4.78 is 18.4. The zero-order valence-corrected chi connectivity index (χ0v) is 11.0. The molecule has 0 amide bonds. The van der Waals surface area contributed by atoms with Gasteiger partial charge in [-0.3, -0.25) is 10.1 Å². The average Bonchev–Trinajstić information content (AvgIpc) is 2.37. The van der Waals surface area contributed by atoms with Crippen molar-refractivity contribution in [2.24, 2.45) is 0 Å². The van der Waals surface area contributed by atoms with Crippen molar-refractivity contribution in [3.05, 3.63) is 62.9 Å². The fraction of sp³-hybridized carbons (Fsp3) is 0. The third-order valence-electron chi connectivity index (χ3n) is 2.53. The van der Waals surface area contributed by atoms with Gasteiger partial charge >= 0.3 is 11.7 Å². The molecule has 0 aromatic heterocycles. The number of nitro benzene ring substituents is 1. The summed E-state index contributed by atoms with van der Waals surface area (Å²) in [5.74, 6) is -2.75. The SMILES string of the molecule is O=C(O)c1c(Cl)cccc1Oc1cc(F)ccc1[N+](=O)[O-]. The van der Waals surface area contributed by atoms with Crippen molar-refractivity contribution >= 4 is 23.3 Å². The summed E-state index contributed by atoms with van der Waals surface area (Å²) in [6, 6.07) is 6.64. The third-order valence-corrected chi connectivity index (χ3v) is 2.84. The molecule has 8 heteroatoms. The minimum Gasteiger partial charge on any atom is -0.478 e. The highest BCUT2D eigenvalue weighted by molar-refractivity contribution is 6.33. The van der Waals surface area contributed by atoms with E-state index in [4.69, 9.17) is 21.4 Å². The highest BCUT2D eigenvalue weighted by atomic mass is 35.5. The van der Waals surface area contributed by atoms with Gasteiger partial charge in [0.1, 0.15) is 17.1 Å². The fourth-order valence-electron chi connectivity index (χ4n) is 1.64. The van der Waals surface area contributed by atoms with Gasteiger partial charge in [-0.05, 0) is 18.2 Å². The minimum absolute atomic E-state index is 0.0981. The quantitative estimate of drug-likeness (QED) is 0.683. The summed E-state index contributed by atoms with van der Waals surface area (Å²) in [6.07, 6.45) is 0. The van der Waals surface area contributed by atoms with Crippen molar-refractivity contribution in [2.75, 3.05) is 0 Å². The van der Waals surface area contributed by atoms with E-state index in [0.29, 0.717) is 0 Å². The molecule has 0 radical (unpaired) electrons. The second-order valence-corrected chi connectivity index (χ2v) is 4.30. The number of hydrogen-bond acceptors (Lipinski definition) is 4. The molecule has 0 saturated heterocycles. The molecule has 0 unspecified atom stereocenters. The van der Waals surface area contributed by atoms with Crippen LogP contribution in [-0.2, 0) is 0 Å². The summed E-state index contributed by atoms with van der Waals surface area (Å²) >= 11 is 5.76. The molecule has 21 heavy (non-hydrogen) atoms. The molecular weight excluding hydrogens is 305 g/mol. The van der Waals surface area contributed by atoms with E-state index in [1.165, 1.54) is 18.2 Å². The van der Waals surface area contributed by atoms with Gasteiger partial charge in [0, 0.05) is 12.1 Å². The second kappa shape index (κ2) is 5.76. The predicted molar refractivity (Wildman–Crippen MR) is 71.5 cm³/mol. The molecule has 0 aliphatic heterocycles. The van der Waals surface area contributed by atoms with Crippen LogP contribution < -0.4 is 4.74 Å². The largest absolute Gasteiger partial charge is 0.478 e. The first-order valence-corrected chi connectivity index (χ1v) is 5.91. The number of rotatable bonds is 4. The number of nitro groups is 1. The molecule has 6 nitrogen and oxygen atoms in total. The number of nitrogens with zero attached hydrogens (tertiary/aromatic N) is 1. The molecule has 2 aromatic carbocycles. The van der Waals surface area contributed by atoms with Crippen LogP contribution in [-0.4, -0.2) is 16.0 Å². The summed E-state index contributed by atoms with van der Waals surface area (Å²) in [5.41, 5.74) is -0.856. The van der Waals surface area contributed by atoms with Gasteiger partial charge in [0.25, 0.3) is 0 Å². The Hall–Kier alpha value is -2.67. The Kier molecular flexibility index (Phi) is 4.04. The van der Waals surface area contributed by atoms with Gasteiger partial charge in [-0.25, -0.2) is 9.18 Å². The maximum atomic E-state index is 13.2. The monoisotopic (exact) mass is 311 g/mol. The van der Waals surface area contributed by atoms with Crippen LogP contribution in [0, 0.1) is 15.9 Å². The first-order valence-electron chi connectivity index (χ1n) is 5.53. The molecule has 2 rings (SSSR count). The molecule has 0 aliphatic carbocycles. The number of carboxylic acids is 1. The highest BCUT2D eigenvalue weighted by Crippen LogP contribution is 2.35. The number of carbonyl (C=O) groups is 1. The molecule has 0 heterocycles. The van der Waals surface area contributed by atoms with Crippen molar-refractivity contribution in [1.82, 2.24) is 0 Å². The highest BCUT2D eigenvalue weighted by Gasteiger charge is 2.21. The van der Waals surface area contributed by atoms with E-state index < -0.39 is 28.1 Å². The van der Waals surface area contributed by atoms with Crippen molar-refractivity contribution in [3.8, 4) is 11.5 Å². The molecule has 0 fully saturated rings. The van der Waals surface area contributed by atoms with Crippen molar-refractivity contribution < 1.29 is 24.0 Å². The molecule has 1 N–H and O–H groups in total. The average molecular weight is 312 g/mol. The lowest BCUT2D eigenvalue weighted by molar-refractivity contribution is -0.385. The summed E-state index contributed by atoms with van der Waals surface area (Å²) in [6.45, 7) is 0. The van der Waals surface area contributed by atoms with Gasteiger partial charge in [0.2, 0.25) is 5.75 Å². The lowest BCUT2D eigenvalue weighted by Crippen LogP contribution is -2.02. The molecule has 0 spiro atoms. The van der Waals surface area contributed by atoms with E-state index >= 15 is 0 Å². The Morgan fingerprint density at radius 1 is 1.29 bits per heavy atom. The topological polar surface area (TPSA) is 89.7 Å². The van der Waals surface area contributed by atoms with Crippen LogP contribution in [0.2, 0.25) is 5.02 Å². The van der Waals surface area contributed by atoms with E-state index in [1.54, 1.807) is 0 Å². The summed E-state index contributed by atoms with van der Waals surface area (Å²) in [5, 5.41) is 19.9. The van der Waals surface area contributed by atoms with Crippen LogP contribution in [0.1, 0.15) is 10.4 Å². The molecule has 0 bridgehead atoms. The number of aromatic carboxylic acids is 1. The van der Waals surface area contributed by atoms with Crippen LogP contribution in [0.15, 0.2) is 36.4 Å². The lowest BCUT2D eigenvalue weighted by Gasteiger charge is -2.10. The second-order valence-electron chi connectivity index (χ2n) is 3.89. The number of carboxylic acid groups (broad SMARTS) is 1. The zero-order chi connectivity index (χ0) is 15.6. The standard InChI is InChI=1S/C13H7ClFNO5/c14-8-2-1-3-10(12(8)13(17)18)21-11-6-7(15)4-5-9(11)16(19)20/h1-6H,(H,17,18). The van der Waals surface area contributed by atoms with Crippen LogP contribution in [0.5, 0.6) is 11.5 Å². The maximum Gasteiger partial charge on any atom is 0.341 e. The van der Waals surface area contributed by atoms with E-state index in [2.05, 4.69) is 0 Å². The number of benzene rings is 2. The fourth-order valence-corrected chi connectivity index (χ4v) is 1.88. The predicted octanol–water partition coefficient (Wildman–Crippen LogP) is 3.88. The van der Waals surface area contributed by atoms with Gasteiger partial charge in [-0.1, -0.05) is 17.7 Å². The van der Waals surface area contributed by atoms with E-state index in [-0.39, 0.29) is 16.3 Å². The molecule has 0 atom stereocenters. The Morgan fingerprint density at radius 2 is 2.00 bits per heavy atom. The Morgan fingerprint density at radius 3 is 2.62 bits per heavy atom. The molecule has 108 valence electrons. The van der Waals surface area contributed by atoms with Gasteiger partial charge < -0.3 is 9.84 Å². The minimum atomic E-state index is -1.37. The number of ether oxygens (including phenoxy) is 1. The normalized spacial score (nSPS) is 10.2. The van der Waals surface area contributed by atoms with Crippen molar-refractivity contribution in [3.63, 3.8) is 0 Å². The first kappa shape index (κ1) is 14.7. The number of hydrogen-bond donors (Lipinski definition) is 1. The molecule has 2 aromatic rings. The molecular formula is C13H7ClFNO5. The zero-order valence-electron chi connectivity index (χ0n) is 10.2. The summed E-state index contributed by atoms with van der Waals surface area (Å²) in [4.78, 5) is 21.3. The van der Waals surface area contributed by atoms with E-state index in [0.717, 1.165) is 18.2 Å². The number of halogens is 2. The Labute approximate surface area is 122 Å². The van der Waals surface area contributed by atoms with Gasteiger partial charge in [0.05, 0.1) is 9.95 Å². The molecule has 0 aliphatic rings. The third kappa shape index (κ3) is 3.09. The molecule has 0 saturated carbocycles. The Bertz CT molecular complexity index is 734. The van der Waals surface area contributed by atoms with Gasteiger partial charge in [-0.15, -0.1) is 0 Å². The summed E-state index contributed by atoms with van der Waals surface area (Å²) in [7, 11) is 0. The van der Waals surface area contributed by atoms with Crippen LogP contribution >= 0.6 is 11.6 Å².